The van der Waals surface area contributed by atoms with Crippen molar-refractivity contribution in [2.24, 2.45) is 0 Å². The number of rotatable bonds is 4. The number of carbonyl (C=O) groups excluding carboxylic acids is 1. The molecule has 2 aliphatic heterocycles. The van der Waals surface area contributed by atoms with Gasteiger partial charge in [0.15, 0.2) is 0 Å². The molecule has 2 fully saturated rings. The number of pyridine rings is 1. The molecule has 5 rings (SSSR count). The maximum Gasteiger partial charge on any atom is 0.416 e. The number of alkyl halides is 3. The van der Waals surface area contributed by atoms with Crippen LogP contribution < -0.4 is 10.2 Å². The molecule has 0 unspecified atom stereocenters. The average molecular weight is 486 g/mol. The molecule has 0 radical (unpaired) electrons. The van der Waals surface area contributed by atoms with E-state index in [0.717, 1.165) is 38.1 Å². The quantitative estimate of drug-likeness (QED) is 0.548. The minimum absolute atomic E-state index is 0.00210. The molecule has 0 bridgehead atoms. The van der Waals surface area contributed by atoms with Gasteiger partial charge in [0.25, 0.3) is 0 Å². The Bertz CT molecular complexity index is 1170. The number of aromatic nitrogens is 3. The van der Waals surface area contributed by atoms with Crippen LogP contribution in [-0.2, 0) is 6.18 Å². The normalized spacial score (nSPS) is 17.1. The molecule has 1 aromatic carbocycles. The highest BCUT2D eigenvalue weighted by molar-refractivity contribution is 5.93. The lowest BCUT2D eigenvalue weighted by Crippen LogP contribution is -2.41. The number of carbonyl (C=O) groups is 1. The lowest BCUT2D eigenvalue weighted by atomic mass is 9.97. The van der Waals surface area contributed by atoms with Crippen LogP contribution in [-0.4, -0.2) is 52.2 Å². The summed E-state index contributed by atoms with van der Waals surface area (Å²) in [4.78, 5) is 25.3. The zero-order chi connectivity index (χ0) is 24.4. The fourth-order valence-corrected chi connectivity index (χ4v) is 4.57. The number of nitrogens with zero attached hydrogens (tertiary/aromatic N) is 5. The Kier molecular flexibility index (Phi) is 6.31. The molecule has 1 N–H and O–H groups in total. The number of hydrogen-bond donors (Lipinski definition) is 1. The van der Waals surface area contributed by atoms with E-state index in [9.17, 15) is 18.0 Å². The molecule has 35 heavy (non-hydrogen) atoms. The summed E-state index contributed by atoms with van der Waals surface area (Å²) in [6, 6.07) is 8.57. The predicted molar refractivity (Wildman–Crippen MR) is 123 cm³/mol. The van der Waals surface area contributed by atoms with Crippen LogP contribution in [0.5, 0.6) is 0 Å². The summed E-state index contributed by atoms with van der Waals surface area (Å²) in [7, 11) is 0. The molecule has 11 heteroatoms. The summed E-state index contributed by atoms with van der Waals surface area (Å²) in [5, 5.41) is 6.74. The Balaban J connectivity index is 1.25. The molecule has 2 aromatic heterocycles. The zero-order valence-electron chi connectivity index (χ0n) is 19.0. The van der Waals surface area contributed by atoms with Crippen LogP contribution in [0.3, 0.4) is 0 Å². The van der Waals surface area contributed by atoms with E-state index in [1.54, 1.807) is 23.2 Å². The van der Waals surface area contributed by atoms with Crippen molar-refractivity contribution in [3.63, 3.8) is 0 Å². The van der Waals surface area contributed by atoms with Crippen LogP contribution >= 0.6 is 0 Å². The highest BCUT2D eigenvalue weighted by atomic mass is 19.4. The number of likely N-dealkylation sites (tertiary alicyclic amines) is 1. The molecule has 3 aromatic rings. The minimum Gasteiger partial charge on any atom is -0.370 e. The minimum atomic E-state index is -4.49. The first kappa shape index (κ1) is 23.1. The second-order valence-corrected chi connectivity index (χ2v) is 8.79. The number of piperidine rings is 1. The van der Waals surface area contributed by atoms with Crippen molar-refractivity contribution < 1.29 is 22.5 Å². The molecule has 2 saturated heterocycles. The molecule has 184 valence electrons. The molecule has 0 spiro atoms. The van der Waals surface area contributed by atoms with Crippen molar-refractivity contribution in [1.29, 1.82) is 0 Å². The van der Waals surface area contributed by atoms with Gasteiger partial charge in [-0.1, -0.05) is 11.2 Å². The van der Waals surface area contributed by atoms with Crippen LogP contribution in [0, 0.1) is 0 Å². The van der Waals surface area contributed by atoms with E-state index in [4.69, 9.17) is 4.52 Å². The van der Waals surface area contributed by atoms with Crippen molar-refractivity contribution >= 4 is 17.4 Å². The van der Waals surface area contributed by atoms with Crippen molar-refractivity contribution in [2.45, 2.75) is 37.8 Å². The highest BCUT2D eigenvalue weighted by Crippen LogP contribution is 2.37. The molecule has 2 aliphatic rings. The SMILES string of the molecule is O=C(Nc1cc(C(F)(F)F)ccc1N1CCCC1)N1CCC(c2nc(-c3ccccn3)no2)CC1. The average Bonchev–Trinajstić information content (AvgIpc) is 3.57. The van der Waals surface area contributed by atoms with Crippen molar-refractivity contribution in [3.05, 3.63) is 54.0 Å². The van der Waals surface area contributed by atoms with E-state index in [2.05, 4.69) is 20.4 Å². The fourth-order valence-electron chi connectivity index (χ4n) is 4.57. The number of benzene rings is 1. The summed E-state index contributed by atoms with van der Waals surface area (Å²) in [6.07, 6.45) is 0.332. The first-order valence-electron chi connectivity index (χ1n) is 11.7. The maximum absolute atomic E-state index is 13.3. The Morgan fingerprint density at radius 2 is 1.83 bits per heavy atom. The Hall–Kier alpha value is -3.63. The summed E-state index contributed by atoms with van der Waals surface area (Å²) in [5.41, 5.74) is 0.640. The van der Waals surface area contributed by atoms with Gasteiger partial charge in [0, 0.05) is 38.3 Å². The summed E-state index contributed by atoms with van der Waals surface area (Å²) in [6.45, 7) is 2.36. The van der Waals surface area contributed by atoms with Crippen LogP contribution in [0.1, 0.15) is 43.1 Å². The Morgan fingerprint density at radius 1 is 1.06 bits per heavy atom. The van der Waals surface area contributed by atoms with Gasteiger partial charge >= 0.3 is 12.2 Å². The molecule has 0 saturated carbocycles. The first-order valence-corrected chi connectivity index (χ1v) is 11.7. The van der Waals surface area contributed by atoms with E-state index in [-0.39, 0.29) is 11.6 Å². The van der Waals surface area contributed by atoms with Gasteiger partial charge in [-0.2, -0.15) is 18.2 Å². The maximum atomic E-state index is 13.3. The third-order valence-electron chi connectivity index (χ3n) is 6.48. The summed E-state index contributed by atoms with van der Waals surface area (Å²) >= 11 is 0. The number of halogens is 3. The largest absolute Gasteiger partial charge is 0.416 e. The molecule has 0 atom stereocenters. The zero-order valence-corrected chi connectivity index (χ0v) is 19.0. The Morgan fingerprint density at radius 3 is 2.51 bits per heavy atom. The summed E-state index contributed by atoms with van der Waals surface area (Å²) in [5.74, 6) is 0.914. The molecular weight excluding hydrogens is 461 g/mol. The van der Waals surface area contributed by atoms with Crippen LogP contribution in [0.2, 0.25) is 0 Å². The van der Waals surface area contributed by atoms with Crippen LogP contribution in [0.15, 0.2) is 47.1 Å². The van der Waals surface area contributed by atoms with E-state index in [0.29, 0.717) is 49.0 Å². The number of anilines is 2. The van der Waals surface area contributed by atoms with Gasteiger partial charge in [0.05, 0.1) is 16.9 Å². The molecule has 2 amide bonds. The van der Waals surface area contributed by atoms with Crippen molar-refractivity contribution in [2.75, 3.05) is 36.4 Å². The molecule has 4 heterocycles. The first-order chi connectivity index (χ1) is 16.9. The second kappa shape index (κ2) is 9.55. The predicted octanol–water partition coefficient (Wildman–Crippen LogP) is 5.16. The monoisotopic (exact) mass is 486 g/mol. The lowest BCUT2D eigenvalue weighted by molar-refractivity contribution is -0.137. The number of nitrogens with one attached hydrogen (secondary N) is 1. The van der Waals surface area contributed by atoms with Gasteiger partial charge in [0.1, 0.15) is 5.69 Å². The third-order valence-corrected chi connectivity index (χ3v) is 6.48. The smallest absolute Gasteiger partial charge is 0.370 e. The van der Waals surface area contributed by atoms with Gasteiger partial charge in [-0.05, 0) is 56.0 Å². The van der Waals surface area contributed by atoms with Crippen LogP contribution in [0.4, 0.5) is 29.3 Å². The standard InChI is InChI=1S/C24H25F3N6O2/c25-24(26,27)17-6-7-20(32-11-3-4-12-32)19(15-17)29-23(34)33-13-8-16(9-14-33)22-30-21(31-35-22)18-5-1-2-10-28-18/h1-2,5-7,10,15-16H,3-4,8-9,11-14H2,(H,29,34). The Labute approximate surface area is 200 Å². The summed E-state index contributed by atoms with van der Waals surface area (Å²) < 4.78 is 45.4. The van der Waals surface area contributed by atoms with E-state index in [1.165, 1.54) is 6.07 Å². The van der Waals surface area contributed by atoms with Gasteiger partial charge in [-0.15, -0.1) is 0 Å². The topological polar surface area (TPSA) is 87.4 Å². The van der Waals surface area contributed by atoms with Gasteiger partial charge in [-0.3, -0.25) is 4.98 Å². The highest BCUT2D eigenvalue weighted by Gasteiger charge is 2.33. The number of hydrogen-bond acceptors (Lipinski definition) is 6. The van der Waals surface area contributed by atoms with E-state index < -0.39 is 17.8 Å². The number of amides is 2. The fraction of sp³-hybridized carbons (Fsp3) is 0.417. The third kappa shape index (κ3) is 5.08. The van der Waals surface area contributed by atoms with Gasteiger partial charge in [0.2, 0.25) is 11.7 Å². The van der Waals surface area contributed by atoms with Gasteiger partial charge < -0.3 is 19.6 Å². The van der Waals surface area contributed by atoms with E-state index in [1.807, 2.05) is 11.0 Å². The second-order valence-electron chi connectivity index (χ2n) is 8.79. The molecule has 0 aliphatic carbocycles. The number of urea groups is 1. The molecular formula is C24H25F3N6O2. The van der Waals surface area contributed by atoms with Crippen molar-refractivity contribution in [1.82, 2.24) is 20.0 Å². The van der Waals surface area contributed by atoms with Crippen molar-refractivity contribution in [3.8, 4) is 11.5 Å². The lowest BCUT2D eigenvalue weighted by Gasteiger charge is -2.31. The van der Waals surface area contributed by atoms with Crippen LogP contribution in [0.25, 0.3) is 11.5 Å². The van der Waals surface area contributed by atoms with Gasteiger partial charge in [-0.25, -0.2) is 4.79 Å². The van der Waals surface area contributed by atoms with E-state index >= 15 is 0 Å². The molecule has 8 nitrogen and oxygen atoms in total.